The fraction of sp³-hybridized carbons (Fsp3) is 0.280. The van der Waals surface area contributed by atoms with Gasteiger partial charge in [0.2, 0.25) is 0 Å². The first kappa shape index (κ1) is 22.2. The van der Waals surface area contributed by atoms with Crippen LogP contribution in [0.25, 0.3) is 10.8 Å². The van der Waals surface area contributed by atoms with Crippen molar-refractivity contribution < 1.29 is 23.8 Å². The quantitative estimate of drug-likeness (QED) is 0.485. The van der Waals surface area contributed by atoms with Gasteiger partial charge in [-0.25, -0.2) is 4.79 Å². The van der Waals surface area contributed by atoms with Crippen LogP contribution in [0, 0.1) is 0 Å². The summed E-state index contributed by atoms with van der Waals surface area (Å²) in [6.07, 6.45) is -0.308. The van der Waals surface area contributed by atoms with Crippen LogP contribution in [0.2, 0.25) is 0 Å². The van der Waals surface area contributed by atoms with Crippen molar-refractivity contribution in [3.8, 4) is 11.5 Å². The van der Waals surface area contributed by atoms with Gasteiger partial charge in [0.15, 0.2) is 12.7 Å². The molecule has 0 aliphatic carbocycles. The summed E-state index contributed by atoms with van der Waals surface area (Å²) in [5.41, 5.74) is 0.985. The van der Waals surface area contributed by atoms with Crippen molar-refractivity contribution >= 4 is 22.6 Å². The Bertz CT molecular complexity index is 1030. The molecule has 3 aromatic carbocycles. The van der Waals surface area contributed by atoms with E-state index >= 15 is 0 Å². The van der Waals surface area contributed by atoms with Gasteiger partial charge in [0.05, 0.1) is 7.11 Å². The molecule has 31 heavy (non-hydrogen) atoms. The van der Waals surface area contributed by atoms with E-state index in [4.69, 9.17) is 14.2 Å². The molecule has 0 heterocycles. The summed E-state index contributed by atoms with van der Waals surface area (Å²) in [6.45, 7) is 1.92. The van der Waals surface area contributed by atoms with Crippen LogP contribution < -0.4 is 9.47 Å². The lowest BCUT2D eigenvalue weighted by atomic mass is 10.1. The molecule has 0 aromatic heterocycles. The number of ether oxygens (including phenoxy) is 3. The maximum atomic E-state index is 12.5. The fourth-order valence-corrected chi connectivity index (χ4v) is 3.16. The van der Waals surface area contributed by atoms with E-state index in [0.717, 1.165) is 22.1 Å². The highest BCUT2D eigenvalue weighted by Crippen LogP contribution is 2.22. The van der Waals surface area contributed by atoms with Crippen molar-refractivity contribution in [2.75, 3.05) is 20.8 Å². The number of benzene rings is 3. The summed E-state index contributed by atoms with van der Waals surface area (Å²) in [5, 5.41) is 2.13. The molecule has 0 unspecified atom stereocenters. The van der Waals surface area contributed by atoms with Crippen LogP contribution in [-0.2, 0) is 20.9 Å². The van der Waals surface area contributed by atoms with E-state index in [-0.39, 0.29) is 12.5 Å². The van der Waals surface area contributed by atoms with E-state index in [1.54, 1.807) is 26.3 Å². The van der Waals surface area contributed by atoms with Crippen LogP contribution in [0.3, 0.4) is 0 Å². The molecular formula is C25H27NO5. The van der Waals surface area contributed by atoms with Crippen LogP contribution in [0.5, 0.6) is 11.5 Å². The molecule has 3 rings (SSSR count). The lowest BCUT2D eigenvalue weighted by molar-refractivity contribution is -0.158. The van der Waals surface area contributed by atoms with Gasteiger partial charge in [0, 0.05) is 13.6 Å². The molecule has 6 heteroatoms. The van der Waals surface area contributed by atoms with Gasteiger partial charge in [-0.1, -0.05) is 43.3 Å². The molecular weight excluding hydrogens is 394 g/mol. The summed E-state index contributed by atoms with van der Waals surface area (Å²) in [7, 11) is 3.32. The van der Waals surface area contributed by atoms with E-state index < -0.39 is 12.1 Å². The van der Waals surface area contributed by atoms with E-state index in [1.807, 2.05) is 61.5 Å². The first-order valence-electron chi connectivity index (χ1n) is 10.2. The third kappa shape index (κ3) is 5.98. The zero-order chi connectivity index (χ0) is 22.2. The number of esters is 1. The fourth-order valence-electron chi connectivity index (χ4n) is 3.16. The standard InChI is InChI=1S/C25H27NO5/c1-4-23(31-21-8-6-5-7-9-21)25(28)30-17-24(27)26(2)16-18-10-11-20-15-22(29-3)13-12-19(20)14-18/h5-15,23H,4,16-17H2,1-3H3/t23-/m0/s1. The number of hydrogen-bond acceptors (Lipinski definition) is 5. The largest absolute Gasteiger partial charge is 0.497 e. The predicted octanol–water partition coefficient (Wildman–Crippen LogP) is 4.21. The zero-order valence-electron chi connectivity index (χ0n) is 18.0. The number of likely N-dealkylation sites (N-methyl/N-ethyl adjacent to an activating group) is 1. The molecule has 1 atom stereocenters. The van der Waals surface area contributed by atoms with Crippen LogP contribution in [0.4, 0.5) is 0 Å². The van der Waals surface area contributed by atoms with Gasteiger partial charge >= 0.3 is 5.97 Å². The van der Waals surface area contributed by atoms with Crippen molar-refractivity contribution in [3.05, 3.63) is 72.3 Å². The van der Waals surface area contributed by atoms with E-state index in [1.165, 1.54) is 4.90 Å². The van der Waals surface area contributed by atoms with E-state index in [0.29, 0.717) is 18.7 Å². The Morgan fingerprint density at radius 3 is 2.35 bits per heavy atom. The average Bonchev–Trinajstić information content (AvgIpc) is 2.80. The molecule has 0 bridgehead atoms. The molecule has 0 N–H and O–H groups in total. The highest BCUT2D eigenvalue weighted by atomic mass is 16.6. The number of nitrogens with zero attached hydrogens (tertiary/aromatic N) is 1. The molecule has 1 amide bonds. The smallest absolute Gasteiger partial charge is 0.347 e. The minimum absolute atomic E-state index is 0.280. The number of para-hydroxylation sites is 1. The predicted molar refractivity (Wildman–Crippen MR) is 119 cm³/mol. The molecule has 0 fully saturated rings. The molecule has 0 spiro atoms. The van der Waals surface area contributed by atoms with Crippen molar-refractivity contribution in [2.24, 2.45) is 0 Å². The van der Waals surface area contributed by atoms with Gasteiger partial charge in [-0.2, -0.15) is 0 Å². The Labute approximate surface area is 182 Å². The van der Waals surface area contributed by atoms with Crippen LogP contribution in [0.1, 0.15) is 18.9 Å². The van der Waals surface area contributed by atoms with Gasteiger partial charge in [-0.05, 0) is 53.1 Å². The lowest BCUT2D eigenvalue weighted by Gasteiger charge is -2.19. The highest BCUT2D eigenvalue weighted by Gasteiger charge is 2.22. The third-order valence-corrected chi connectivity index (χ3v) is 4.95. The second-order valence-electron chi connectivity index (χ2n) is 7.23. The Morgan fingerprint density at radius 1 is 0.935 bits per heavy atom. The summed E-state index contributed by atoms with van der Waals surface area (Å²) < 4.78 is 16.1. The number of hydrogen-bond donors (Lipinski definition) is 0. The van der Waals surface area contributed by atoms with Crippen molar-refractivity contribution in [3.63, 3.8) is 0 Å². The van der Waals surface area contributed by atoms with E-state index in [2.05, 4.69) is 0 Å². The number of carbonyl (C=O) groups excluding carboxylic acids is 2. The van der Waals surface area contributed by atoms with Gasteiger partial charge in [0.1, 0.15) is 11.5 Å². The first-order chi connectivity index (χ1) is 15.0. The minimum atomic E-state index is -0.752. The second-order valence-corrected chi connectivity index (χ2v) is 7.23. The second kappa shape index (κ2) is 10.5. The van der Waals surface area contributed by atoms with Crippen molar-refractivity contribution in [2.45, 2.75) is 26.0 Å². The van der Waals surface area contributed by atoms with Crippen LogP contribution in [0.15, 0.2) is 66.7 Å². The Hall–Kier alpha value is -3.54. The molecule has 0 aliphatic rings. The molecule has 6 nitrogen and oxygen atoms in total. The van der Waals surface area contributed by atoms with Crippen LogP contribution in [-0.4, -0.2) is 43.6 Å². The van der Waals surface area contributed by atoms with Gasteiger partial charge in [-0.15, -0.1) is 0 Å². The maximum Gasteiger partial charge on any atom is 0.347 e. The summed E-state index contributed by atoms with van der Waals surface area (Å²) >= 11 is 0. The molecule has 3 aromatic rings. The molecule has 0 aliphatic heterocycles. The summed E-state index contributed by atoms with van der Waals surface area (Å²) in [5.74, 6) is 0.560. The monoisotopic (exact) mass is 421 g/mol. The molecule has 0 saturated carbocycles. The van der Waals surface area contributed by atoms with Gasteiger partial charge in [0.25, 0.3) is 5.91 Å². The minimum Gasteiger partial charge on any atom is -0.497 e. The number of carbonyl (C=O) groups is 2. The number of rotatable bonds is 9. The highest BCUT2D eigenvalue weighted by molar-refractivity contribution is 5.85. The lowest BCUT2D eigenvalue weighted by Crippen LogP contribution is -2.34. The zero-order valence-corrected chi connectivity index (χ0v) is 18.0. The van der Waals surface area contributed by atoms with Crippen molar-refractivity contribution in [1.82, 2.24) is 4.90 Å². The van der Waals surface area contributed by atoms with Gasteiger partial charge in [-0.3, -0.25) is 4.79 Å². The average molecular weight is 421 g/mol. The topological polar surface area (TPSA) is 65.1 Å². The SMILES string of the molecule is CC[C@H](Oc1ccccc1)C(=O)OCC(=O)N(C)Cc1ccc2cc(OC)ccc2c1. The summed E-state index contributed by atoms with van der Waals surface area (Å²) in [4.78, 5) is 26.3. The molecule has 162 valence electrons. The van der Waals surface area contributed by atoms with Crippen LogP contribution >= 0.6 is 0 Å². The normalized spacial score (nSPS) is 11.6. The third-order valence-electron chi connectivity index (χ3n) is 4.95. The number of amides is 1. The Kier molecular flexibility index (Phi) is 7.49. The number of methoxy groups -OCH3 is 1. The first-order valence-corrected chi connectivity index (χ1v) is 10.2. The summed E-state index contributed by atoms with van der Waals surface area (Å²) in [6, 6.07) is 20.9. The van der Waals surface area contributed by atoms with Crippen molar-refractivity contribution in [1.29, 1.82) is 0 Å². The maximum absolute atomic E-state index is 12.5. The molecule has 0 saturated heterocycles. The Morgan fingerprint density at radius 2 is 1.65 bits per heavy atom. The Balaban J connectivity index is 1.53. The van der Waals surface area contributed by atoms with E-state index in [9.17, 15) is 9.59 Å². The number of fused-ring (bicyclic) bond motifs is 1. The molecule has 0 radical (unpaired) electrons. The van der Waals surface area contributed by atoms with Gasteiger partial charge < -0.3 is 19.1 Å².